The maximum Gasteiger partial charge on any atom is 0.251 e. The molecule has 3 aromatic rings. The van der Waals surface area contributed by atoms with Crippen molar-refractivity contribution in [1.82, 2.24) is 14.3 Å². The van der Waals surface area contributed by atoms with E-state index in [0.717, 1.165) is 28.0 Å². The highest BCUT2D eigenvalue weighted by Crippen LogP contribution is 2.37. The van der Waals surface area contributed by atoms with E-state index in [1.165, 1.54) is 11.3 Å². The fraction of sp³-hybridized carbons (Fsp3) is 0.435. The van der Waals surface area contributed by atoms with E-state index in [2.05, 4.69) is 42.6 Å². The number of imidazole rings is 1. The van der Waals surface area contributed by atoms with Crippen molar-refractivity contribution in [2.24, 2.45) is 5.92 Å². The second-order valence-electron chi connectivity index (χ2n) is 9.18. The molecule has 0 amide bonds. The number of nitrogens with one attached hydrogen (secondary N) is 1. The molecule has 0 bridgehead atoms. The Morgan fingerprint density at radius 3 is 2.33 bits per heavy atom. The predicted octanol–water partition coefficient (Wildman–Crippen LogP) is 5.50. The quantitative estimate of drug-likeness (QED) is 0.522. The van der Waals surface area contributed by atoms with E-state index in [1.807, 2.05) is 49.7 Å². The van der Waals surface area contributed by atoms with Crippen molar-refractivity contribution in [2.45, 2.75) is 63.8 Å². The van der Waals surface area contributed by atoms with Gasteiger partial charge in [0.25, 0.3) is 10.0 Å². The van der Waals surface area contributed by atoms with Crippen LogP contribution in [-0.4, -0.2) is 23.5 Å². The van der Waals surface area contributed by atoms with Crippen molar-refractivity contribution in [3.8, 4) is 11.1 Å². The number of hydrogen-bond donors (Lipinski definition) is 1. The molecule has 0 saturated carbocycles. The molecule has 0 fully saturated rings. The van der Waals surface area contributed by atoms with Crippen molar-refractivity contribution in [1.29, 1.82) is 0 Å². The van der Waals surface area contributed by atoms with Gasteiger partial charge in [-0.1, -0.05) is 38.1 Å². The molecule has 30 heavy (non-hydrogen) atoms. The molecule has 162 valence electrons. The number of rotatable bonds is 7. The number of hydrogen-bond acceptors (Lipinski definition) is 4. The molecule has 2 heterocycles. The molecule has 5 nitrogen and oxygen atoms in total. The SMILES string of the molecule is CC(C)Cc1cc(-c2ccc(C(C)n3ccnc3)cc2)c(S(=O)(=O)NC(C)(C)C)s1. The summed E-state index contributed by atoms with van der Waals surface area (Å²) in [6.45, 7) is 12.0. The first-order valence-electron chi connectivity index (χ1n) is 10.2. The van der Waals surface area contributed by atoms with E-state index >= 15 is 0 Å². The second kappa shape index (κ2) is 8.65. The molecule has 0 spiro atoms. The summed E-state index contributed by atoms with van der Waals surface area (Å²) in [5, 5.41) is 0. The lowest BCUT2D eigenvalue weighted by Gasteiger charge is -2.20. The first-order chi connectivity index (χ1) is 14.0. The predicted molar refractivity (Wildman–Crippen MR) is 124 cm³/mol. The summed E-state index contributed by atoms with van der Waals surface area (Å²) in [7, 11) is -3.62. The van der Waals surface area contributed by atoms with Gasteiger partial charge in [-0.2, -0.15) is 0 Å². The summed E-state index contributed by atoms with van der Waals surface area (Å²) in [5.41, 5.74) is 2.29. The van der Waals surface area contributed by atoms with Gasteiger partial charge in [-0.15, -0.1) is 11.3 Å². The molecule has 0 saturated heterocycles. The summed E-state index contributed by atoms with van der Waals surface area (Å²) in [6, 6.07) is 10.4. The molecule has 3 rings (SSSR count). The lowest BCUT2D eigenvalue weighted by molar-refractivity contribution is 0.493. The van der Waals surface area contributed by atoms with Crippen LogP contribution in [0.25, 0.3) is 11.1 Å². The topological polar surface area (TPSA) is 64.0 Å². The summed E-state index contributed by atoms with van der Waals surface area (Å²) in [4.78, 5) is 5.21. The molecule has 2 aromatic heterocycles. The van der Waals surface area contributed by atoms with Crippen molar-refractivity contribution < 1.29 is 8.42 Å². The molecule has 1 aromatic carbocycles. The maximum absolute atomic E-state index is 13.2. The van der Waals surface area contributed by atoms with Crippen LogP contribution in [0.2, 0.25) is 0 Å². The van der Waals surface area contributed by atoms with Crippen LogP contribution >= 0.6 is 11.3 Å². The fourth-order valence-corrected chi connectivity index (χ4v) is 6.76. The van der Waals surface area contributed by atoms with Gasteiger partial charge in [-0.25, -0.2) is 18.1 Å². The van der Waals surface area contributed by atoms with Crippen LogP contribution in [0.3, 0.4) is 0 Å². The molecule has 1 unspecified atom stereocenters. The number of thiophene rings is 1. The Bertz CT molecular complexity index is 1070. The van der Waals surface area contributed by atoms with E-state index < -0.39 is 15.6 Å². The highest BCUT2D eigenvalue weighted by atomic mass is 32.2. The highest BCUT2D eigenvalue weighted by molar-refractivity contribution is 7.91. The minimum absolute atomic E-state index is 0.159. The average molecular weight is 446 g/mol. The normalized spacial score (nSPS) is 13.7. The molecule has 0 radical (unpaired) electrons. The number of sulfonamides is 1. The smallest absolute Gasteiger partial charge is 0.251 e. The zero-order valence-electron chi connectivity index (χ0n) is 18.5. The minimum atomic E-state index is -3.62. The molecule has 0 aliphatic heterocycles. The second-order valence-corrected chi connectivity index (χ2v) is 12.2. The van der Waals surface area contributed by atoms with Gasteiger partial charge in [0.05, 0.1) is 12.4 Å². The molecule has 0 aliphatic rings. The van der Waals surface area contributed by atoms with Gasteiger partial charge in [-0.05, 0) is 57.2 Å². The van der Waals surface area contributed by atoms with Crippen LogP contribution in [0.1, 0.15) is 58.0 Å². The van der Waals surface area contributed by atoms with Gasteiger partial charge >= 0.3 is 0 Å². The van der Waals surface area contributed by atoms with Gasteiger partial charge in [-0.3, -0.25) is 0 Å². The van der Waals surface area contributed by atoms with Crippen LogP contribution in [0.5, 0.6) is 0 Å². The third-order valence-electron chi connectivity index (χ3n) is 4.72. The Balaban J connectivity index is 2.00. The van der Waals surface area contributed by atoms with Crippen molar-refractivity contribution in [3.05, 3.63) is 59.5 Å². The van der Waals surface area contributed by atoms with Crippen LogP contribution in [-0.2, 0) is 16.4 Å². The van der Waals surface area contributed by atoms with Crippen LogP contribution < -0.4 is 4.72 Å². The number of nitrogens with zero attached hydrogens (tertiary/aromatic N) is 2. The first-order valence-corrected chi connectivity index (χ1v) is 12.5. The van der Waals surface area contributed by atoms with Gasteiger partial charge in [0.1, 0.15) is 4.21 Å². The van der Waals surface area contributed by atoms with Crippen LogP contribution in [0.4, 0.5) is 0 Å². The lowest BCUT2D eigenvalue weighted by Crippen LogP contribution is -2.40. The van der Waals surface area contributed by atoms with E-state index in [9.17, 15) is 8.42 Å². The summed E-state index contributed by atoms with van der Waals surface area (Å²) in [6.07, 6.45) is 6.38. The number of benzene rings is 1. The molecular weight excluding hydrogens is 414 g/mol. The maximum atomic E-state index is 13.2. The molecule has 1 atom stereocenters. The number of aromatic nitrogens is 2. The van der Waals surface area contributed by atoms with Gasteiger partial charge in [0.15, 0.2) is 0 Å². The van der Waals surface area contributed by atoms with Crippen molar-refractivity contribution in [3.63, 3.8) is 0 Å². The van der Waals surface area contributed by atoms with E-state index in [1.54, 1.807) is 12.5 Å². The molecule has 0 aliphatic carbocycles. The Morgan fingerprint density at radius 1 is 1.13 bits per heavy atom. The van der Waals surface area contributed by atoms with Crippen molar-refractivity contribution >= 4 is 21.4 Å². The van der Waals surface area contributed by atoms with E-state index in [4.69, 9.17) is 0 Å². The third-order valence-corrected chi connectivity index (χ3v) is 8.17. The zero-order chi connectivity index (χ0) is 22.1. The summed E-state index contributed by atoms with van der Waals surface area (Å²) < 4.78 is 31.6. The van der Waals surface area contributed by atoms with Crippen LogP contribution in [0, 0.1) is 5.92 Å². The monoisotopic (exact) mass is 445 g/mol. The zero-order valence-corrected chi connectivity index (χ0v) is 20.1. The minimum Gasteiger partial charge on any atom is -0.330 e. The largest absolute Gasteiger partial charge is 0.330 e. The first kappa shape index (κ1) is 22.7. The van der Waals surface area contributed by atoms with Gasteiger partial charge < -0.3 is 4.57 Å². The highest BCUT2D eigenvalue weighted by Gasteiger charge is 2.28. The average Bonchev–Trinajstić information content (AvgIpc) is 3.29. The van der Waals surface area contributed by atoms with Gasteiger partial charge in [0.2, 0.25) is 0 Å². The Labute approximate surface area is 184 Å². The van der Waals surface area contributed by atoms with Crippen molar-refractivity contribution in [2.75, 3.05) is 0 Å². The Hall–Kier alpha value is -1.96. The summed E-state index contributed by atoms with van der Waals surface area (Å²) in [5.74, 6) is 0.459. The lowest BCUT2D eigenvalue weighted by atomic mass is 10.0. The van der Waals surface area contributed by atoms with E-state index in [0.29, 0.717) is 10.1 Å². The molecular formula is C23H31N3O2S2. The molecule has 7 heteroatoms. The van der Waals surface area contributed by atoms with E-state index in [-0.39, 0.29) is 6.04 Å². The fourth-order valence-electron chi connectivity index (χ4n) is 3.39. The standard InChI is InChI=1S/C23H31N3O2S2/c1-16(2)13-20-14-21(22(29-20)30(27,28)25-23(4,5)6)19-9-7-18(8-10-19)17(3)26-12-11-24-15-26/h7-12,14-17,25H,13H2,1-6H3. The Morgan fingerprint density at radius 2 is 1.80 bits per heavy atom. The van der Waals surface area contributed by atoms with Crippen LogP contribution in [0.15, 0.2) is 53.3 Å². The third kappa shape index (κ3) is 5.39. The van der Waals surface area contributed by atoms with Gasteiger partial charge in [0, 0.05) is 28.4 Å². The summed E-state index contributed by atoms with van der Waals surface area (Å²) >= 11 is 1.38. The Kier molecular flexibility index (Phi) is 6.55. The molecule has 1 N–H and O–H groups in total.